The SMILES string of the molecule is Cc1cc(C(C)NC(C)C2CCCN(C)C2)c(C)o1. The summed E-state index contributed by atoms with van der Waals surface area (Å²) < 4.78 is 5.63. The van der Waals surface area contributed by atoms with Gasteiger partial charge in [-0.3, -0.25) is 0 Å². The molecule has 1 aromatic heterocycles. The van der Waals surface area contributed by atoms with Crippen LogP contribution in [0.15, 0.2) is 10.5 Å². The van der Waals surface area contributed by atoms with Crippen molar-refractivity contribution in [1.29, 1.82) is 0 Å². The number of piperidine rings is 1. The van der Waals surface area contributed by atoms with Gasteiger partial charge in [0.15, 0.2) is 0 Å². The number of rotatable bonds is 4. The summed E-state index contributed by atoms with van der Waals surface area (Å²) in [5.74, 6) is 2.81. The van der Waals surface area contributed by atoms with E-state index in [4.69, 9.17) is 4.42 Å². The van der Waals surface area contributed by atoms with Crippen LogP contribution in [0.3, 0.4) is 0 Å². The van der Waals surface area contributed by atoms with Crippen LogP contribution in [-0.2, 0) is 0 Å². The lowest BCUT2D eigenvalue weighted by Gasteiger charge is -2.35. The van der Waals surface area contributed by atoms with E-state index in [0.717, 1.165) is 17.4 Å². The van der Waals surface area contributed by atoms with E-state index < -0.39 is 0 Å². The first-order valence-corrected chi connectivity index (χ1v) is 7.49. The molecule has 3 heteroatoms. The summed E-state index contributed by atoms with van der Waals surface area (Å²) >= 11 is 0. The van der Waals surface area contributed by atoms with E-state index in [9.17, 15) is 0 Å². The van der Waals surface area contributed by atoms with E-state index >= 15 is 0 Å². The molecule has 1 aromatic rings. The molecule has 1 aliphatic rings. The molecule has 2 rings (SSSR count). The van der Waals surface area contributed by atoms with Crippen LogP contribution in [0.25, 0.3) is 0 Å². The van der Waals surface area contributed by atoms with E-state index in [1.807, 2.05) is 6.92 Å². The Hall–Kier alpha value is -0.800. The van der Waals surface area contributed by atoms with Gasteiger partial charge in [0.05, 0.1) is 0 Å². The van der Waals surface area contributed by atoms with Gasteiger partial charge in [0.25, 0.3) is 0 Å². The van der Waals surface area contributed by atoms with E-state index in [-0.39, 0.29) is 0 Å². The highest BCUT2D eigenvalue weighted by Gasteiger charge is 2.24. The third kappa shape index (κ3) is 3.61. The number of aryl methyl sites for hydroxylation is 2. The molecule has 3 atom stereocenters. The molecule has 0 bridgehead atoms. The quantitative estimate of drug-likeness (QED) is 0.904. The van der Waals surface area contributed by atoms with Crippen molar-refractivity contribution in [2.24, 2.45) is 5.92 Å². The third-order valence-electron chi connectivity index (χ3n) is 4.43. The maximum Gasteiger partial charge on any atom is 0.105 e. The lowest BCUT2D eigenvalue weighted by atomic mass is 9.91. The number of furan rings is 1. The molecule has 0 amide bonds. The molecule has 1 N–H and O–H groups in total. The lowest BCUT2D eigenvalue weighted by Crippen LogP contribution is -2.43. The molecule has 2 heterocycles. The first-order valence-electron chi connectivity index (χ1n) is 7.49. The summed E-state index contributed by atoms with van der Waals surface area (Å²) in [6, 6.07) is 3.07. The summed E-state index contributed by atoms with van der Waals surface area (Å²) in [5.41, 5.74) is 1.30. The van der Waals surface area contributed by atoms with Crippen LogP contribution in [0.2, 0.25) is 0 Å². The average molecular weight is 264 g/mol. The number of likely N-dealkylation sites (tertiary alicyclic amines) is 1. The maximum atomic E-state index is 5.63. The van der Waals surface area contributed by atoms with Crippen molar-refractivity contribution >= 4 is 0 Å². The molecule has 3 unspecified atom stereocenters. The molecule has 1 fully saturated rings. The fraction of sp³-hybridized carbons (Fsp3) is 0.750. The molecule has 0 aromatic carbocycles. The largest absolute Gasteiger partial charge is 0.466 e. The van der Waals surface area contributed by atoms with Gasteiger partial charge in [-0.25, -0.2) is 0 Å². The fourth-order valence-electron chi connectivity index (χ4n) is 3.31. The van der Waals surface area contributed by atoms with Gasteiger partial charge >= 0.3 is 0 Å². The molecule has 1 saturated heterocycles. The number of hydrogen-bond acceptors (Lipinski definition) is 3. The minimum Gasteiger partial charge on any atom is -0.466 e. The molecule has 0 radical (unpaired) electrons. The van der Waals surface area contributed by atoms with E-state index in [0.29, 0.717) is 12.1 Å². The van der Waals surface area contributed by atoms with Crippen molar-refractivity contribution < 1.29 is 4.42 Å². The third-order valence-corrected chi connectivity index (χ3v) is 4.43. The van der Waals surface area contributed by atoms with Gasteiger partial charge in [-0.05, 0) is 66.1 Å². The van der Waals surface area contributed by atoms with Crippen LogP contribution < -0.4 is 5.32 Å². The minimum atomic E-state index is 0.361. The van der Waals surface area contributed by atoms with E-state index in [1.54, 1.807) is 0 Å². The minimum absolute atomic E-state index is 0.361. The highest BCUT2D eigenvalue weighted by Crippen LogP contribution is 2.24. The van der Waals surface area contributed by atoms with Gasteiger partial charge < -0.3 is 14.6 Å². The molecular weight excluding hydrogens is 236 g/mol. The average Bonchev–Trinajstić information content (AvgIpc) is 2.68. The highest BCUT2D eigenvalue weighted by molar-refractivity contribution is 5.23. The Morgan fingerprint density at radius 1 is 1.37 bits per heavy atom. The summed E-state index contributed by atoms with van der Waals surface area (Å²) in [7, 11) is 2.23. The summed E-state index contributed by atoms with van der Waals surface area (Å²) in [4.78, 5) is 2.45. The van der Waals surface area contributed by atoms with Crippen molar-refractivity contribution in [2.75, 3.05) is 20.1 Å². The normalized spacial score (nSPS) is 24.4. The van der Waals surface area contributed by atoms with Gasteiger partial charge in [0.2, 0.25) is 0 Å². The predicted molar refractivity (Wildman–Crippen MR) is 79.4 cm³/mol. The van der Waals surface area contributed by atoms with Crippen molar-refractivity contribution in [3.63, 3.8) is 0 Å². The van der Waals surface area contributed by atoms with Crippen molar-refractivity contribution in [2.45, 2.75) is 52.6 Å². The van der Waals surface area contributed by atoms with Crippen molar-refractivity contribution in [3.8, 4) is 0 Å². The predicted octanol–water partition coefficient (Wildman–Crippen LogP) is 3.28. The summed E-state index contributed by atoms with van der Waals surface area (Å²) in [5, 5.41) is 3.75. The Morgan fingerprint density at radius 2 is 2.11 bits per heavy atom. The van der Waals surface area contributed by atoms with Crippen molar-refractivity contribution in [3.05, 3.63) is 23.2 Å². The summed E-state index contributed by atoms with van der Waals surface area (Å²) in [6.45, 7) is 11.1. The fourth-order valence-corrected chi connectivity index (χ4v) is 3.31. The molecule has 1 aliphatic heterocycles. The molecule has 0 saturated carbocycles. The lowest BCUT2D eigenvalue weighted by molar-refractivity contribution is 0.174. The number of nitrogens with one attached hydrogen (secondary N) is 1. The van der Waals surface area contributed by atoms with Gasteiger partial charge in [0, 0.05) is 24.2 Å². The Kier molecular flexibility index (Phi) is 4.69. The van der Waals surface area contributed by atoms with Crippen LogP contribution in [0.5, 0.6) is 0 Å². The van der Waals surface area contributed by atoms with Crippen LogP contribution >= 0.6 is 0 Å². The van der Waals surface area contributed by atoms with Crippen LogP contribution in [0.4, 0.5) is 0 Å². The Bertz CT molecular complexity index is 413. The van der Waals surface area contributed by atoms with Gasteiger partial charge in [0.1, 0.15) is 11.5 Å². The van der Waals surface area contributed by atoms with Crippen LogP contribution in [-0.4, -0.2) is 31.1 Å². The zero-order chi connectivity index (χ0) is 14.0. The van der Waals surface area contributed by atoms with Crippen LogP contribution in [0, 0.1) is 19.8 Å². The Balaban J connectivity index is 1.94. The molecule has 108 valence electrons. The molecule has 0 spiro atoms. The molecule has 0 aliphatic carbocycles. The first kappa shape index (κ1) is 14.6. The standard InChI is InChI=1S/C16H28N2O/c1-11-9-16(14(4)19-11)13(3)17-12(2)15-7-6-8-18(5)10-15/h9,12-13,15,17H,6-8,10H2,1-5H3. The van der Waals surface area contributed by atoms with Gasteiger partial charge in [-0.1, -0.05) is 0 Å². The number of hydrogen-bond donors (Lipinski definition) is 1. The van der Waals surface area contributed by atoms with Crippen molar-refractivity contribution in [1.82, 2.24) is 10.2 Å². The second-order valence-electron chi connectivity index (χ2n) is 6.21. The molecule has 19 heavy (non-hydrogen) atoms. The smallest absolute Gasteiger partial charge is 0.105 e. The zero-order valence-corrected chi connectivity index (χ0v) is 13.0. The Labute approximate surface area is 117 Å². The summed E-state index contributed by atoms with van der Waals surface area (Å²) in [6.07, 6.45) is 2.67. The van der Waals surface area contributed by atoms with Gasteiger partial charge in [-0.15, -0.1) is 0 Å². The van der Waals surface area contributed by atoms with Gasteiger partial charge in [-0.2, -0.15) is 0 Å². The van der Waals surface area contributed by atoms with Crippen LogP contribution in [0.1, 0.15) is 49.8 Å². The maximum absolute atomic E-state index is 5.63. The number of nitrogens with zero attached hydrogens (tertiary/aromatic N) is 1. The topological polar surface area (TPSA) is 28.4 Å². The second-order valence-corrected chi connectivity index (χ2v) is 6.21. The molecular formula is C16H28N2O. The molecule has 3 nitrogen and oxygen atoms in total. The van der Waals surface area contributed by atoms with E-state index in [1.165, 1.54) is 31.5 Å². The zero-order valence-electron chi connectivity index (χ0n) is 13.0. The van der Waals surface area contributed by atoms with E-state index in [2.05, 4.69) is 44.1 Å². The monoisotopic (exact) mass is 264 g/mol. The highest BCUT2D eigenvalue weighted by atomic mass is 16.3. The first-order chi connectivity index (χ1) is 8.97. The Morgan fingerprint density at radius 3 is 2.68 bits per heavy atom. The second kappa shape index (κ2) is 6.10.